The summed E-state index contributed by atoms with van der Waals surface area (Å²) in [6.45, 7) is 5.15. The van der Waals surface area contributed by atoms with Crippen molar-refractivity contribution in [2.24, 2.45) is 11.8 Å². The molecule has 0 aliphatic heterocycles. The van der Waals surface area contributed by atoms with Gasteiger partial charge < -0.3 is 29.0 Å². The molecule has 3 atom stereocenters. The summed E-state index contributed by atoms with van der Waals surface area (Å²) in [5.74, 6) is 0.185. The molecule has 1 heterocycles. The molecule has 3 aliphatic rings. The topological polar surface area (TPSA) is 125 Å². The second-order valence-electron chi connectivity index (χ2n) is 15.3. The van der Waals surface area contributed by atoms with E-state index in [2.05, 4.69) is 29.5 Å². The number of halogens is 4. The lowest BCUT2D eigenvalue weighted by molar-refractivity contribution is -0.148. The van der Waals surface area contributed by atoms with Gasteiger partial charge in [0.25, 0.3) is 0 Å². The highest BCUT2D eigenvalue weighted by Gasteiger charge is 2.55. The fraction of sp³-hybridized carbons (Fsp3) is 0.550. The second-order valence-corrected chi connectivity index (χ2v) is 17.2. The van der Waals surface area contributed by atoms with Crippen molar-refractivity contribution in [2.45, 2.75) is 94.0 Å². The van der Waals surface area contributed by atoms with Crippen LogP contribution in [0.4, 0.5) is 18.9 Å². The minimum absolute atomic E-state index is 0.0344. The largest absolute Gasteiger partial charge is 0.534 e. The van der Waals surface area contributed by atoms with Gasteiger partial charge in [0.15, 0.2) is 11.5 Å². The van der Waals surface area contributed by atoms with E-state index < -0.39 is 38.3 Å². The smallest absolute Gasteiger partial charge is 0.493 e. The Kier molecular flexibility index (Phi) is 12.2. The third-order valence-corrected chi connectivity index (χ3v) is 12.8. The molecule has 2 N–H and O–H groups in total. The number of aryl methyl sites for hydroxylation is 1. The first-order chi connectivity index (χ1) is 26.1. The molecule has 1 spiro atoms. The van der Waals surface area contributed by atoms with E-state index in [4.69, 9.17) is 30.0 Å². The lowest BCUT2D eigenvalue weighted by Gasteiger charge is -2.47. The number of anilines is 1. The van der Waals surface area contributed by atoms with Crippen LogP contribution in [0.1, 0.15) is 87.1 Å². The van der Waals surface area contributed by atoms with Crippen molar-refractivity contribution < 1.29 is 44.8 Å². The lowest BCUT2D eigenvalue weighted by Crippen LogP contribution is -2.53. The summed E-state index contributed by atoms with van der Waals surface area (Å²) in [6.07, 6.45) is 7.82. The van der Waals surface area contributed by atoms with E-state index in [9.17, 15) is 26.4 Å². The predicted molar refractivity (Wildman–Crippen MR) is 203 cm³/mol. The fourth-order valence-electron chi connectivity index (χ4n) is 8.90. The number of hydrogen-bond donors (Lipinski definition) is 2. The number of rotatable bonds is 14. The molecule has 3 aromatic rings. The number of benzene rings is 2. The van der Waals surface area contributed by atoms with Gasteiger partial charge in [0.2, 0.25) is 0 Å². The average Bonchev–Trinajstić information content (AvgIpc) is 3.41. The van der Waals surface area contributed by atoms with Crippen LogP contribution in [-0.4, -0.2) is 64.3 Å². The summed E-state index contributed by atoms with van der Waals surface area (Å²) in [5.41, 5.74) is -2.80. The number of aromatic nitrogens is 1. The van der Waals surface area contributed by atoms with E-state index in [0.717, 1.165) is 41.8 Å². The molecule has 3 aliphatic carbocycles. The minimum Gasteiger partial charge on any atom is -0.493 e. The van der Waals surface area contributed by atoms with Gasteiger partial charge in [-0.25, -0.2) is 4.79 Å². The van der Waals surface area contributed by atoms with Gasteiger partial charge in [-0.3, -0.25) is 4.98 Å². The third-order valence-electron chi connectivity index (χ3n) is 11.6. The maximum Gasteiger partial charge on any atom is 0.534 e. The Balaban J connectivity index is 1.34. The maximum atomic E-state index is 13.6. The summed E-state index contributed by atoms with van der Waals surface area (Å²) in [5, 5.41) is 6.86. The van der Waals surface area contributed by atoms with Crippen LogP contribution in [0, 0.1) is 11.8 Å². The van der Waals surface area contributed by atoms with Gasteiger partial charge in [-0.15, -0.1) is 0 Å². The summed E-state index contributed by atoms with van der Waals surface area (Å²) in [6, 6.07) is 12.1. The number of alkyl halides is 3. The van der Waals surface area contributed by atoms with Crippen LogP contribution in [0.2, 0.25) is 5.02 Å². The van der Waals surface area contributed by atoms with Gasteiger partial charge in [-0.05, 0) is 136 Å². The zero-order valence-electron chi connectivity index (χ0n) is 31.6. The number of pyridine rings is 1. The van der Waals surface area contributed by atoms with E-state index in [1.165, 1.54) is 13.2 Å². The first-order valence-electron chi connectivity index (χ1n) is 18.8. The monoisotopic (exact) mass is 807 g/mol. The van der Waals surface area contributed by atoms with Crippen LogP contribution in [0.25, 0.3) is 0 Å². The van der Waals surface area contributed by atoms with Crippen molar-refractivity contribution in [3.8, 4) is 17.2 Å². The Morgan fingerprint density at radius 3 is 2.53 bits per heavy atom. The number of carbonyl (C=O) groups is 1. The fourth-order valence-corrected chi connectivity index (χ4v) is 9.56. The van der Waals surface area contributed by atoms with E-state index in [0.29, 0.717) is 73.9 Å². The van der Waals surface area contributed by atoms with Crippen LogP contribution in [0.3, 0.4) is 0 Å². The number of ether oxygens (including phenoxy) is 3. The van der Waals surface area contributed by atoms with Gasteiger partial charge in [0.1, 0.15) is 17.9 Å². The van der Waals surface area contributed by atoms with Crippen molar-refractivity contribution in [3.63, 3.8) is 0 Å². The average molecular weight is 808 g/mol. The van der Waals surface area contributed by atoms with Gasteiger partial charge >= 0.3 is 21.6 Å². The predicted octanol–water partition coefficient (Wildman–Crippen LogP) is 8.11. The van der Waals surface area contributed by atoms with E-state index in [-0.39, 0.29) is 24.2 Å². The zero-order chi connectivity index (χ0) is 39.6. The molecule has 300 valence electrons. The molecule has 0 unspecified atom stereocenters. The number of nitrogens with one attached hydrogen (secondary N) is 2. The first kappa shape index (κ1) is 40.9. The quantitative estimate of drug-likeness (QED) is 0.0715. The van der Waals surface area contributed by atoms with Crippen LogP contribution in [0.5, 0.6) is 17.2 Å². The second kappa shape index (κ2) is 16.4. The number of likely N-dealkylation sites (N-methyl/N-ethyl adjacent to an activating group) is 1. The molecule has 0 bridgehead atoms. The Morgan fingerprint density at radius 2 is 1.84 bits per heavy atom. The molecule has 1 fully saturated rings. The molecule has 2 aromatic carbocycles. The van der Waals surface area contributed by atoms with Crippen molar-refractivity contribution in [2.75, 3.05) is 39.2 Å². The molecule has 10 nitrogen and oxygen atoms in total. The SMILES string of the molecule is CNCCOc1cc2c(cc1OS(=O)(=O)C(F)(F)F)C[C@H](C[C@@H](C)COc1ccnc3c1[C@H](C)CCC3)C21CCC(Nc2cccc(Cl)c2)(C(=O)OC)CC1. The Hall–Kier alpha value is -3.75. The maximum absolute atomic E-state index is 13.6. The molecular formula is C40H49ClF3N3O7S. The molecule has 0 saturated heterocycles. The van der Waals surface area contributed by atoms with E-state index in [1.807, 2.05) is 12.1 Å². The summed E-state index contributed by atoms with van der Waals surface area (Å²) < 4.78 is 87.6. The Labute approximate surface area is 325 Å². The molecule has 1 aromatic heterocycles. The number of hydrogen-bond acceptors (Lipinski definition) is 10. The van der Waals surface area contributed by atoms with Crippen molar-refractivity contribution in [3.05, 3.63) is 76.1 Å². The number of fused-ring (bicyclic) bond motifs is 3. The van der Waals surface area contributed by atoms with Gasteiger partial charge in [-0.1, -0.05) is 31.5 Å². The minimum atomic E-state index is -5.98. The summed E-state index contributed by atoms with van der Waals surface area (Å²) in [7, 11) is -2.93. The van der Waals surface area contributed by atoms with Gasteiger partial charge in [-0.2, -0.15) is 21.6 Å². The highest BCUT2D eigenvalue weighted by Crippen LogP contribution is 2.58. The van der Waals surface area contributed by atoms with Crippen molar-refractivity contribution in [1.82, 2.24) is 10.3 Å². The number of methoxy groups -OCH3 is 1. The number of esters is 1. The van der Waals surface area contributed by atoms with E-state index in [1.54, 1.807) is 37.5 Å². The van der Waals surface area contributed by atoms with Crippen LogP contribution >= 0.6 is 11.6 Å². The highest BCUT2D eigenvalue weighted by atomic mass is 35.5. The molecular weight excluding hydrogens is 759 g/mol. The number of carbonyl (C=O) groups excluding carboxylic acids is 1. The summed E-state index contributed by atoms with van der Waals surface area (Å²) in [4.78, 5) is 18.2. The summed E-state index contributed by atoms with van der Waals surface area (Å²) >= 11 is 6.29. The standard InChI is InChI=1S/C40H49ClF3N3O7S/c1-25(24-53-33-11-16-46-32-10-5-7-26(2)36(32)33)19-28-20-27-21-35(54-55(49,50)40(42,43)44)34(52-18-17-45-3)23-31(27)38(28)12-14-39(15-13-38,37(48)51-4)47-30-9-6-8-29(41)22-30/h6,8-9,11,16,21-23,25-26,28,45,47H,5,7,10,12-15,17-20,24H2,1-4H3/t25-,26-,28+,38?,39?/m1/s1. The normalized spacial score (nSPS) is 24.1. The third kappa shape index (κ3) is 8.51. The van der Waals surface area contributed by atoms with Crippen molar-refractivity contribution in [1.29, 1.82) is 0 Å². The molecule has 6 rings (SSSR count). The van der Waals surface area contributed by atoms with Crippen LogP contribution in [0.15, 0.2) is 48.7 Å². The lowest BCUT2D eigenvalue weighted by atomic mass is 9.59. The Bertz CT molecular complexity index is 1970. The first-order valence-corrected chi connectivity index (χ1v) is 20.6. The van der Waals surface area contributed by atoms with Crippen molar-refractivity contribution >= 4 is 33.4 Å². The van der Waals surface area contributed by atoms with Gasteiger partial charge in [0, 0.05) is 34.7 Å². The van der Waals surface area contributed by atoms with Crippen LogP contribution in [-0.2, 0) is 37.9 Å². The molecule has 55 heavy (non-hydrogen) atoms. The molecule has 1 saturated carbocycles. The number of nitrogens with zero attached hydrogens (tertiary/aromatic N) is 1. The highest BCUT2D eigenvalue weighted by molar-refractivity contribution is 7.88. The molecule has 0 amide bonds. The van der Waals surface area contributed by atoms with Crippen LogP contribution < -0.4 is 24.3 Å². The Morgan fingerprint density at radius 1 is 1.07 bits per heavy atom. The zero-order valence-corrected chi connectivity index (χ0v) is 33.1. The van der Waals surface area contributed by atoms with Gasteiger partial charge in [0.05, 0.1) is 13.7 Å². The molecule has 0 radical (unpaired) electrons. The molecule has 15 heteroatoms. The van der Waals surface area contributed by atoms with E-state index >= 15 is 0 Å².